The van der Waals surface area contributed by atoms with Gasteiger partial charge in [-0.05, 0) is 18.9 Å². The van der Waals surface area contributed by atoms with Crippen molar-refractivity contribution in [3.8, 4) is 11.5 Å². The van der Waals surface area contributed by atoms with E-state index in [2.05, 4.69) is 41.4 Å². The third-order valence-electron chi connectivity index (χ3n) is 5.15. The Hall–Kier alpha value is -2.44. The average molecular weight is 418 g/mol. The van der Waals surface area contributed by atoms with Crippen molar-refractivity contribution in [3.05, 3.63) is 53.1 Å². The maximum atomic E-state index is 13.0. The number of carbonyl (C=O) groups is 1. The summed E-state index contributed by atoms with van der Waals surface area (Å²) < 4.78 is 10.6. The first-order chi connectivity index (χ1) is 14.0. The molecule has 1 aliphatic heterocycles. The zero-order valence-corrected chi connectivity index (χ0v) is 17.9. The molecule has 0 saturated carbocycles. The first-order valence-corrected chi connectivity index (χ1v) is 10.1. The number of anilines is 1. The van der Waals surface area contributed by atoms with Gasteiger partial charge < -0.3 is 19.7 Å². The van der Waals surface area contributed by atoms with Crippen molar-refractivity contribution < 1.29 is 14.3 Å². The fraction of sp³-hybridized carbons (Fsp3) is 0.409. The van der Waals surface area contributed by atoms with Gasteiger partial charge in [0.2, 0.25) is 0 Å². The van der Waals surface area contributed by atoms with E-state index in [0.29, 0.717) is 28.8 Å². The summed E-state index contributed by atoms with van der Waals surface area (Å²) >= 11 is 6.16. The van der Waals surface area contributed by atoms with Crippen molar-refractivity contribution in [2.45, 2.75) is 25.9 Å². The van der Waals surface area contributed by atoms with Crippen LogP contribution in [0.3, 0.4) is 0 Å². The molecule has 1 aliphatic rings. The fourth-order valence-corrected chi connectivity index (χ4v) is 3.91. The van der Waals surface area contributed by atoms with Crippen molar-refractivity contribution in [2.24, 2.45) is 0 Å². The molecule has 1 heterocycles. The normalized spacial score (nSPS) is 17.5. The first-order valence-electron chi connectivity index (χ1n) is 9.77. The molecule has 7 heteroatoms. The number of benzene rings is 2. The molecule has 2 amide bonds. The van der Waals surface area contributed by atoms with E-state index in [0.717, 1.165) is 26.1 Å². The summed E-state index contributed by atoms with van der Waals surface area (Å²) in [6.45, 7) is 5.46. The Kier molecular flexibility index (Phi) is 7.23. The molecule has 156 valence electrons. The van der Waals surface area contributed by atoms with Gasteiger partial charge in [-0.3, -0.25) is 4.90 Å². The average Bonchev–Trinajstić information content (AvgIpc) is 2.90. The van der Waals surface area contributed by atoms with Crippen molar-refractivity contribution in [1.82, 2.24) is 9.80 Å². The lowest BCUT2D eigenvalue weighted by Crippen LogP contribution is -2.44. The quantitative estimate of drug-likeness (QED) is 0.779. The molecule has 0 unspecified atom stereocenters. The van der Waals surface area contributed by atoms with Gasteiger partial charge in [0.1, 0.15) is 11.5 Å². The van der Waals surface area contributed by atoms with Gasteiger partial charge in [-0.1, -0.05) is 41.9 Å². The second-order valence-electron chi connectivity index (χ2n) is 7.23. The maximum Gasteiger partial charge on any atom is 0.322 e. The van der Waals surface area contributed by atoms with E-state index >= 15 is 0 Å². The van der Waals surface area contributed by atoms with E-state index in [9.17, 15) is 4.79 Å². The number of nitrogens with one attached hydrogen (secondary N) is 1. The number of ether oxygens (including phenoxy) is 2. The number of halogens is 1. The predicted octanol–water partition coefficient (Wildman–Crippen LogP) is 4.49. The van der Waals surface area contributed by atoms with Crippen LogP contribution in [0.25, 0.3) is 0 Å². The molecule has 2 aromatic carbocycles. The van der Waals surface area contributed by atoms with Crippen LogP contribution in [0, 0.1) is 0 Å². The molecule has 0 radical (unpaired) electrons. The van der Waals surface area contributed by atoms with Crippen molar-refractivity contribution in [2.75, 3.05) is 39.2 Å². The summed E-state index contributed by atoms with van der Waals surface area (Å²) in [5, 5.41) is 3.39. The van der Waals surface area contributed by atoms with E-state index in [-0.39, 0.29) is 12.1 Å². The van der Waals surface area contributed by atoms with Crippen LogP contribution in [0.15, 0.2) is 42.5 Å². The van der Waals surface area contributed by atoms with Gasteiger partial charge in [-0.15, -0.1) is 0 Å². The van der Waals surface area contributed by atoms with Gasteiger partial charge in [0.05, 0.1) is 24.9 Å². The Morgan fingerprint density at radius 1 is 1.14 bits per heavy atom. The van der Waals surface area contributed by atoms with Crippen molar-refractivity contribution in [1.29, 1.82) is 0 Å². The van der Waals surface area contributed by atoms with Crippen LogP contribution < -0.4 is 14.8 Å². The van der Waals surface area contributed by atoms with Crippen LogP contribution in [-0.2, 0) is 6.54 Å². The summed E-state index contributed by atoms with van der Waals surface area (Å²) in [5.74, 6) is 0.984. The molecule has 0 bridgehead atoms. The highest BCUT2D eigenvalue weighted by Crippen LogP contribution is 2.36. The second-order valence-corrected chi connectivity index (χ2v) is 7.64. The smallest absolute Gasteiger partial charge is 0.322 e. The Labute approximate surface area is 177 Å². The molecule has 1 fully saturated rings. The highest BCUT2D eigenvalue weighted by Gasteiger charge is 2.26. The lowest BCUT2D eigenvalue weighted by atomic mass is 10.2. The summed E-state index contributed by atoms with van der Waals surface area (Å²) in [4.78, 5) is 17.3. The van der Waals surface area contributed by atoms with Gasteiger partial charge in [0, 0.05) is 44.4 Å². The minimum atomic E-state index is -0.151. The second kappa shape index (κ2) is 9.85. The Bertz CT molecular complexity index is 832. The molecule has 29 heavy (non-hydrogen) atoms. The van der Waals surface area contributed by atoms with Crippen LogP contribution in [-0.4, -0.2) is 55.7 Å². The number of carbonyl (C=O) groups excluding carboxylic acids is 1. The molecule has 3 rings (SSSR count). The van der Waals surface area contributed by atoms with Gasteiger partial charge in [0.15, 0.2) is 0 Å². The maximum absolute atomic E-state index is 13.0. The van der Waals surface area contributed by atoms with Gasteiger partial charge in [0.25, 0.3) is 0 Å². The highest BCUT2D eigenvalue weighted by atomic mass is 35.5. The Balaban J connectivity index is 1.68. The van der Waals surface area contributed by atoms with E-state index in [1.165, 1.54) is 12.7 Å². The molecule has 6 nitrogen and oxygen atoms in total. The Morgan fingerprint density at radius 2 is 1.86 bits per heavy atom. The lowest BCUT2D eigenvalue weighted by molar-refractivity contribution is 0.184. The standard InChI is InChI=1S/C22H28ClN3O3/c1-16-14-25(15-17-8-5-4-6-9-17)10-7-11-26(16)22(27)24-19-13-20(28-2)18(23)12-21(19)29-3/h4-6,8-9,12-13,16H,7,10-11,14-15H2,1-3H3,(H,24,27)/t16-/m1/s1. The summed E-state index contributed by atoms with van der Waals surface area (Å²) in [5.41, 5.74) is 1.83. The molecule has 1 atom stereocenters. The Morgan fingerprint density at radius 3 is 2.55 bits per heavy atom. The highest BCUT2D eigenvalue weighted by molar-refractivity contribution is 6.32. The monoisotopic (exact) mass is 417 g/mol. The van der Waals surface area contributed by atoms with E-state index in [4.69, 9.17) is 21.1 Å². The van der Waals surface area contributed by atoms with E-state index < -0.39 is 0 Å². The molecule has 1 N–H and O–H groups in total. The zero-order valence-electron chi connectivity index (χ0n) is 17.2. The third kappa shape index (κ3) is 5.34. The van der Waals surface area contributed by atoms with Gasteiger partial charge in [-0.2, -0.15) is 0 Å². The zero-order chi connectivity index (χ0) is 20.8. The van der Waals surface area contributed by atoms with Gasteiger partial charge in [-0.25, -0.2) is 4.79 Å². The first kappa shape index (κ1) is 21.3. The van der Waals surface area contributed by atoms with Gasteiger partial charge >= 0.3 is 6.03 Å². The summed E-state index contributed by atoms with van der Waals surface area (Å²) in [6, 6.07) is 13.7. The van der Waals surface area contributed by atoms with Crippen LogP contribution >= 0.6 is 11.6 Å². The number of rotatable bonds is 5. The molecular formula is C22H28ClN3O3. The minimum Gasteiger partial charge on any atom is -0.495 e. The van der Waals surface area contributed by atoms with Crippen LogP contribution in [0.2, 0.25) is 5.02 Å². The fourth-order valence-electron chi connectivity index (χ4n) is 3.68. The summed E-state index contributed by atoms with van der Waals surface area (Å²) in [7, 11) is 3.08. The molecule has 0 aromatic heterocycles. The third-order valence-corrected chi connectivity index (χ3v) is 5.45. The van der Waals surface area contributed by atoms with E-state index in [1.807, 2.05) is 11.0 Å². The largest absolute Gasteiger partial charge is 0.495 e. The van der Waals surface area contributed by atoms with E-state index in [1.54, 1.807) is 19.2 Å². The molecule has 0 aliphatic carbocycles. The molecular weight excluding hydrogens is 390 g/mol. The predicted molar refractivity (Wildman–Crippen MR) is 116 cm³/mol. The van der Waals surface area contributed by atoms with Crippen LogP contribution in [0.1, 0.15) is 18.9 Å². The lowest BCUT2D eigenvalue weighted by Gasteiger charge is -2.29. The van der Waals surface area contributed by atoms with Crippen molar-refractivity contribution in [3.63, 3.8) is 0 Å². The molecule has 2 aromatic rings. The number of amides is 2. The minimum absolute atomic E-state index is 0.0846. The number of nitrogens with zero attached hydrogens (tertiary/aromatic N) is 2. The SMILES string of the molecule is COc1cc(NC(=O)N2CCCN(Cc3ccccc3)C[C@H]2C)c(OC)cc1Cl. The summed E-state index contributed by atoms with van der Waals surface area (Å²) in [6.07, 6.45) is 0.922. The number of urea groups is 1. The van der Waals surface area contributed by atoms with Crippen molar-refractivity contribution >= 4 is 23.3 Å². The number of methoxy groups -OCH3 is 2. The molecule has 1 saturated heterocycles. The number of hydrogen-bond acceptors (Lipinski definition) is 4. The molecule has 0 spiro atoms. The van der Waals surface area contributed by atoms with Crippen LogP contribution in [0.4, 0.5) is 10.5 Å². The topological polar surface area (TPSA) is 54.0 Å². The number of hydrogen-bond donors (Lipinski definition) is 1. The van der Waals surface area contributed by atoms with Crippen LogP contribution in [0.5, 0.6) is 11.5 Å².